The van der Waals surface area contributed by atoms with Gasteiger partial charge in [-0.15, -0.1) is 0 Å². The van der Waals surface area contributed by atoms with Gasteiger partial charge in [-0.25, -0.2) is 0 Å². The van der Waals surface area contributed by atoms with Crippen molar-refractivity contribution in [3.8, 4) is 5.75 Å². The van der Waals surface area contributed by atoms with E-state index in [1.807, 2.05) is 0 Å². The molecule has 0 aliphatic carbocycles. The van der Waals surface area contributed by atoms with Crippen molar-refractivity contribution in [1.29, 1.82) is 0 Å². The molecule has 2 heteroatoms. The van der Waals surface area contributed by atoms with Crippen LogP contribution in [0.25, 0.3) is 0 Å². The number of benzene rings is 1. The minimum Gasteiger partial charge on any atom is -0.493 e. The third kappa shape index (κ3) is 4.69. The van der Waals surface area contributed by atoms with Crippen molar-refractivity contribution in [2.45, 2.75) is 52.5 Å². The van der Waals surface area contributed by atoms with Gasteiger partial charge in [0.15, 0.2) is 0 Å². The second-order valence-electron chi connectivity index (χ2n) is 4.65. The number of rotatable bonds is 9. The van der Waals surface area contributed by atoms with Gasteiger partial charge in [-0.3, -0.25) is 0 Å². The molecule has 0 aromatic heterocycles. The van der Waals surface area contributed by atoms with Gasteiger partial charge in [0.05, 0.1) is 6.61 Å². The lowest BCUT2D eigenvalue weighted by Crippen LogP contribution is -2.22. The molecular weight excluding hydrogens is 222 g/mol. The molecule has 0 spiro atoms. The van der Waals surface area contributed by atoms with Crippen LogP contribution in [0.15, 0.2) is 24.3 Å². The zero-order valence-corrected chi connectivity index (χ0v) is 12.0. The fourth-order valence-electron chi connectivity index (χ4n) is 2.02. The molecule has 0 saturated heterocycles. The Morgan fingerprint density at radius 1 is 1.11 bits per heavy atom. The number of nitrogens with one attached hydrogen (secondary N) is 1. The Kier molecular flexibility index (Phi) is 7.51. The molecule has 0 bridgehead atoms. The van der Waals surface area contributed by atoms with Crippen LogP contribution < -0.4 is 10.1 Å². The van der Waals surface area contributed by atoms with Crippen LogP contribution in [0, 0.1) is 0 Å². The normalized spacial score (nSPS) is 12.4. The second-order valence-corrected chi connectivity index (χ2v) is 4.65. The van der Waals surface area contributed by atoms with E-state index >= 15 is 0 Å². The molecule has 18 heavy (non-hydrogen) atoms. The first-order valence-electron chi connectivity index (χ1n) is 7.28. The fourth-order valence-corrected chi connectivity index (χ4v) is 2.02. The second kappa shape index (κ2) is 8.98. The highest BCUT2D eigenvalue weighted by atomic mass is 16.5. The van der Waals surface area contributed by atoms with E-state index in [1.54, 1.807) is 0 Å². The van der Waals surface area contributed by atoms with Gasteiger partial charge in [-0.2, -0.15) is 0 Å². The average Bonchev–Trinajstić information content (AvgIpc) is 2.41. The van der Waals surface area contributed by atoms with E-state index in [2.05, 4.69) is 50.4 Å². The zero-order valence-electron chi connectivity index (χ0n) is 12.0. The van der Waals surface area contributed by atoms with Crippen molar-refractivity contribution in [2.24, 2.45) is 0 Å². The average molecular weight is 249 g/mol. The van der Waals surface area contributed by atoms with Crippen LogP contribution in [0.4, 0.5) is 0 Å². The summed E-state index contributed by atoms with van der Waals surface area (Å²) in [6, 6.07) is 8.82. The zero-order chi connectivity index (χ0) is 13.2. The van der Waals surface area contributed by atoms with Gasteiger partial charge in [-0.1, -0.05) is 45.4 Å². The summed E-state index contributed by atoms with van der Waals surface area (Å²) < 4.78 is 5.90. The van der Waals surface area contributed by atoms with Crippen LogP contribution in [0.2, 0.25) is 0 Å². The quantitative estimate of drug-likeness (QED) is 0.658. The first-order chi connectivity index (χ1) is 8.83. The van der Waals surface area contributed by atoms with Gasteiger partial charge >= 0.3 is 0 Å². The first-order valence-corrected chi connectivity index (χ1v) is 7.28. The van der Waals surface area contributed by atoms with Crippen molar-refractivity contribution in [3.63, 3.8) is 0 Å². The molecule has 102 valence electrons. The monoisotopic (exact) mass is 249 g/mol. The third-order valence-corrected chi connectivity index (χ3v) is 3.10. The van der Waals surface area contributed by atoms with E-state index in [0.29, 0.717) is 6.04 Å². The van der Waals surface area contributed by atoms with Crippen LogP contribution in [0.1, 0.15) is 58.1 Å². The molecule has 0 heterocycles. The molecule has 1 aromatic carbocycles. The number of hydrogen-bond donors (Lipinski definition) is 1. The SMILES string of the molecule is CCCCOc1ccccc1C(CC)NCCC. The summed E-state index contributed by atoms with van der Waals surface area (Å²) in [6.45, 7) is 8.48. The van der Waals surface area contributed by atoms with Gasteiger partial charge in [-0.05, 0) is 31.9 Å². The van der Waals surface area contributed by atoms with Crippen LogP contribution in [0.3, 0.4) is 0 Å². The molecule has 0 saturated carbocycles. The molecule has 1 N–H and O–H groups in total. The number of hydrogen-bond acceptors (Lipinski definition) is 2. The Morgan fingerprint density at radius 2 is 1.89 bits per heavy atom. The molecule has 2 nitrogen and oxygen atoms in total. The molecule has 1 atom stereocenters. The molecule has 0 radical (unpaired) electrons. The standard InChI is InChI=1S/C16H27NO/c1-4-7-13-18-16-11-9-8-10-14(16)15(6-3)17-12-5-2/h8-11,15,17H,4-7,12-13H2,1-3H3. The summed E-state index contributed by atoms with van der Waals surface area (Å²) >= 11 is 0. The molecule has 1 aromatic rings. The lowest BCUT2D eigenvalue weighted by Gasteiger charge is -2.20. The molecule has 0 fully saturated rings. The maximum Gasteiger partial charge on any atom is 0.124 e. The molecule has 0 amide bonds. The Labute approximate surface area is 112 Å². The Hall–Kier alpha value is -1.02. The van der Waals surface area contributed by atoms with Gasteiger partial charge in [0.2, 0.25) is 0 Å². The molecule has 1 unspecified atom stereocenters. The fraction of sp³-hybridized carbons (Fsp3) is 0.625. The topological polar surface area (TPSA) is 21.3 Å². The van der Waals surface area contributed by atoms with Gasteiger partial charge in [0.1, 0.15) is 5.75 Å². The van der Waals surface area contributed by atoms with Gasteiger partial charge < -0.3 is 10.1 Å². The van der Waals surface area contributed by atoms with Crippen LogP contribution in [-0.4, -0.2) is 13.2 Å². The van der Waals surface area contributed by atoms with Crippen molar-refractivity contribution >= 4 is 0 Å². The molecule has 1 rings (SSSR count). The first kappa shape index (κ1) is 15.0. The number of ether oxygens (including phenoxy) is 1. The summed E-state index contributed by atoms with van der Waals surface area (Å²) in [7, 11) is 0. The maximum atomic E-state index is 5.90. The Bertz CT molecular complexity index is 325. The smallest absolute Gasteiger partial charge is 0.124 e. The third-order valence-electron chi connectivity index (χ3n) is 3.10. The van der Waals surface area contributed by atoms with E-state index in [9.17, 15) is 0 Å². The van der Waals surface area contributed by atoms with Crippen molar-refractivity contribution in [2.75, 3.05) is 13.2 Å². The Morgan fingerprint density at radius 3 is 2.56 bits per heavy atom. The summed E-state index contributed by atoms with van der Waals surface area (Å²) in [5.41, 5.74) is 1.30. The van der Waals surface area contributed by atoms with E-state index in [-0.39, 0.29) is 0 Å². The minimum absolute atomic E-state index is 0.405. The lowest BCUT2D eigenvalue weighted by molar-refractivity contribution is 0.302. The van der Waals surface area contributed by atoms with Crippen LogP contribution in [-0.2, 0) is 0 Å². The van der Waals surface area contributed by atoms with Crippen LogP contribution >= 0.6 is 0 Å². The van der Waals surface area contributed by atoms with Gasteiger partial charge in [0.25, 0.3) is 0 Å². The van der Waals surface area contributed by atoms with E-state index in [1.165, 1.54) is 12.0 Å². The largest absolute Gasteiger partial charge is 0.493 e. The highest BCUT2D eigenvalue weighted by Crippen LogP contribution is 2.27. The maximum absolute atomic E-state index is 5.90. The minimum atomic E-state index is 0.405. The number of para-hydroxylation sites is 1. The van der Waals surface area contributed by atoms with Crippen molar-refractivity contribution in [1.82, 2.24) is 5.32 Å². The van der Waals surface area contributed by atoms with E-state index in [4.69, 9.17) is 4.74 Å². The lowest BCUT2D eigenvalue weighted by atomic mass is 10.0. The molecule has 0 aliphatic rings. The summed E-state index contributed by atoms with van der Waals surface area (Å²) in [5, 5.41) is 3.59. The summed E-state index contributed by atoms with van der Waals surface area (Å²) in [6.07, 6.45) is 4.55. The number of unbranched alkanes of at least 4 members (excludes halogenated alkanes) is 1. The predicted molar refractivity (Wildman–Crippen MR) is 78.2 cm³/mol. The highest BCUT2D eigenvalue weighted by molar-refractivity contribution is 5.35. The van der Waals surface area contributed by atoms with Crippen molar-refractivity contribution in [3.05, 3.63) is 29.8 Å². The predicted octanol–water partition coefficient (Wildman–Crippen LogP) is 4.32. The summed E-state index contributed by atoms with van der Waals surface area (Å²) in [4.78, 5) is 0. The highest BCUT2D eigenvalue weighted by Gasteiger charge is 2.13. The van der Waals surface area contributed by atoms with E-state index in [0.717, 1.165) is 38.2 Å². The van der Waals surface area contributed by atoms with Crippen molar-refractivity contribution < 1.29 is 4.74 Å². The summed E-state index contributed by atoms with van der Waals surface area (Å²) in [5.74, 6) is 1.04. The van der Waals surface area contributed by atoms with Crippen LogP contribution in [0.5, 0.6) is 5.75 Å². The van der Waals surface area contributed by atoms with Gasteiger partial charge in [0, 0.05) is 11.6 Å². The van der Waals surface area contributed by atoms with E-state index < -0.39 is 0 Å². The molecular formula is C16H27NO. The molecule has 0 aliphatic heterocycles. The Balaban J connectivity index is 2.71.